The molecule has 0 N–H and O–H groups in total. The smallest absolute Gasteiger partial charge is 0.192 e. The first-order valence-electron chi connectivity index (χ1n) is 4.24. The van der Waals surface area contributed by atoms with Crippen LogP contribution in [0.2, 0.25) is 5.02 Å². The molecule has 0 aromatic heterocycles. The Hall–Kier alpha value is -0.580. The van der Waals surface area contributed by atoms with Crippen molar-refractivity contribution >= 4 is 21.7 Å². The van der Waals surface area contributed by atoms with E-state index in [9.17, 15) is 13.0 Å². The van der Waals surface area contributed by atoms with Crippen LogP contribution in [0.15, 0.2) is 23.1 Å². The molecule has 2 rings (SSSR count). The molecular formula is C9H8ClO3S. The summed E-state index contributed by atoms with van der Waals surface area (Å²) in [5, 5.41) is 0.379. The standard InChI is InChI=1S/C9H8ClO3S/c10-7-2-1-3-8(14(11,12)13)9(7)6-4-5-6/h1-3,6H,4-5H2. The second-order valence-corrected chi connectivity index (χ2v) is 5.14. The zero-order valence-corrected chi connectivity index (χ0v) is 8.81. The van der Waals surface area contributed by atoms with Crippen LogP contribution in [0.4, 0.5) is 0 Å². The van der Waals surface area contributed by atoms with Crippen molar-refractivity contribution in [2.75, 3.05) is 0 Å². The van der Waals surface area contributed by atoms with E-state index in [1.165, 1.54) is 12.1 Å². The van der Waals surface area contributed by atoms with Crippen LogP contribution in [-0.2, 0) is 14.7 Å². The Morgan fingerprint density at radius 2 is 1.93 bits per heavy atom. The largest absolute Gasteiger partial charge is 0.324 e. The Bertz CT molecular complexity index is 463. The molecule has 0 spiro atoms. The summed E-state index contributed by atoms with van der Waals surface area (Å²) in [5.74, 6) is 0.155. The Morgan fingerprint density at radius 1 is 1.29 bits per heavy atom. The van der Waals surface area contributed by atoms with Gasteiger partial charge in [-0.05, 0) is 36.5 Å². The van der Waals surface area contributed by atoms with Gasteiger partial charge in [0.05, 0.1) is 0 Å². The SMILES string of the molecule is [O]S(=O)(=O)c1cccc(Cl)c1C1CC1. The lowest BCUT2D eigenvalue weighted by Gasteiger charge is -2.06. The lowest BCUT2D eigenvalue weighted by Crippen LogP contribution is -2.01. The maximum absolute atomic E-state index is 10.9. The van der Waals surface area contributed by atoms with Gasteiger partial charge in [0, 0.05) is 5.02 Å². The van der Waals surface area contributed by atoms with Crippen molar-refractivity contribution in [2.24, 2.45) is 0 Å². The Labute approximate surface area is 87.5 Å². The van der Waals surface area contributed by atoms with E-state index in [1.807, 2.05) is 0 Å². The minimum absolute atomic E-state index is 0.155. The summed E-state index contributed by atoms with van der Waals surface area (Å²) < 4.78 is 32.8. The summed E-state index contributed by atoms with van der Waals surface area (Å²) in [6.45, 7) is 0. The van der Waals surface area contributed by atoms with Crippen LogP contribution in [0, 0.1) is 0 Å². The van der Waals surface area contributed by atoms with Gasteiger partial charge in [-0.25, -0.2) is 0 Å². The molecule has 0 atom stereocenters. The first kappa shape index (κ1) is 9.96. The molecule has 5 heteroatoms. The lowest BCUT2D eigenvalue weighted by atomic mass is 10.1. The molecule has 0 heterocycles. The van der Waals surface area contributed by atoms with E-state index in [4.69, 9.17) is 11.6 Å². The maximum Gasteiger partial charge on any atom is 0.324 e. The van der Waals surface area contributed by atoms with Crippen molar-refractivity contribution in [2.45, 2.75) is 23.7 Å². The Balaban J connectivity index is 2.64. The van der Waals surface area contributed by atoms with Gasteiger partial charge < -0.3 is 0 Å². The van der Waals surface area contributed by atoms with Crippen molar-refractivity contribution in [1.82, 2.24) is 0 Å². The quantitative estimate of drug-likeness (QED) is 0.785. The third kappa shape index (κ3) is 1.78. The van der Waals surface area contributed by atoms with E-state index < -0.39 is 10.1 Å². The van der Waals surface area contributed by atoms with E-state index in [2.05, 4.69) is 0 Å². The molecule has 1 aromatic rings. The maximum atomic E-state index is 10.9. The molecule has 1 radical (unpaired) electrons. The molecule has 75 valence electrons. The Morgan fingerprint density at radius 3 is 2.43 bits per heavy atom. The molecule has 0 bridgehead atoms. The molecule has 0 saturated heterocycles. The van der Waals surface area contributed by atoms with E-state index in [0.717, 1.165) is 12.8 Å². The lowest BCUT2D eigenvalue weighted by molar-refractivity contribution is 0.413. The third-order valence-electron chi connectivity index (χ3n) is 2.27. The predicted molar refractivity (Wildman–Crippen MR) is 51.3 cm³/mol. The fourth-order valence-electron chi connectivity index (χ4n) is 1.50. The van der Waals surface area contributed by atoms with Gasteiger partial charge in [-0.15, -0.1) is 0 Å². The van der Waals surface area contributed by atoms with E-state index >= 15 is 0 Å². The summed E-state index contributed by atoms with van der Waals surface area (Å²) in [4.78, 5) is -0.160. The number of hydrogen-bond donors (Lipinski definition) is 0. The fourth-order valence-corrected chi connectivity index (χ4v) is 2.68. The summed E-state index contributed by atoms with van der Waals surface area (Å²) in [6.07, 6.45) is 1.82. The van der Waals surface area contributed by atoms with E-state index in [0.29, 0.717) is 10.6 Å². The summed E-state index contributed by atoms with van der Waals surface area (Å²) in [6, 6.07) is 4.42. The van der Waals surface area contributed by atoms with Gasteiger partial charge >= 0.3 is 10.1 Å². The van der Waals surface area contributed by atoms with Crippen LogP contribution in [0.3, 0.4) is 0 Å². The van der Waals surface area contributed by atoms with Gasteiger partial charge in [-0.3, -0.25) is 0 Å². The van der Waals surface area contributed by atoms with Crippen molar-refractivity contribution in [3.8, 4) is 0 Å². The molecule has 1 aromatic carbocycles. The molecule has 1 saturated carbocycles. The molecule has 0 aliphatic heterocycles. The predicted octanol–water partition coefficient (Wildman–Crippen LogP) is 2.34. The van der Waals surface area contributed by atoms with Gasteiger partial charge in [0.2, 0.25) is 0 Å². The van der Waals surface area contributed by atoms with Crippen molar-refractivity contribution in [3.05, 3.63) is 28.8 Å². The van der Waals surface area contributed by atoms with Gasteiger partial charge in [-0.1, -0.05) is 22.2 Å². The van der Waals surface area contributed by atoms with Gasteiger partial charge in [0.25, 0.3) is 0 Å². The van der Waals surface area contributed by atoms with E-state index in [-0.39, 0.29) is 10.8 Å². The molecule has 0 amide bonds. The number of benzene rings is 1. The third-order valence-corrected chi connectivity index (χ3v) is 3.49. The van der Waals surface area contributed by atoms with Crippen molar-refractivity contribution < 1.29 is 13.0 Å². The van der Waals surface area contributed by atoms with Gasteiger partial charge in [0.15, 0.2) is 0 Å². The monoisotopic (exact) mass is 231 g/mol. The summed E-state index contributed by atoms with van der Waals surface area (Å²) in [7, 11) is -4.40. The highest BCUT2D eigenvalue weighted by atomic mass is 35.5. The van der Waals surface area contributed by atoms with Crippen LogP contribution < -0.4 is 0 Å². The second-order valence-electron chi connectivity index (χ2n) is 3.38. The first-order valence-corrected chi connectivity index (χ1v) is 6.03. The van der Waals surface area contributed by atoms with Gasteiger partial charge in [-0.2, -0.15) is 8.42 Å². The average Bonchev–Trinajstić information content (AvgIpc) is 2.85. The van der Waals surface area contributed by atoms with Crippen LogP contribution in [0.5, 0.6) is 0 Å². The molecular weight excluding hydrogens is 224 g/mol. The number of rotatable bonds is 2. The molecule has 1 aliphatic rings. The summed E-state index contributed by atoms with van der Waals surface area (Å²) in [5.41, 5.74) is 0.504. The number of halogens is 1. The molecule has 0 unspecified atom stereocenters. The zero-order valence-electron chi connectivity index (χ0n) is 7.23. The van der Waals surface area contributed by atoms with Crippen LogP contribution in [0.25, 0.3) is 0 Å². The number of hydrogen-bond acceptors (Lipinski definition) is 2. The highest BCUT2D eigenvalue weighted by Crippen LogP contribution is 2.45. The van der Waals surface area contributed by atoms with Crippen molar-refractivity contribution in [3.63, 3.8) is 0 Å². The van der Waals surface area contributed by atoms with E-state index in [1.54, 1.807) is 6.07 Å². The molecule has 14 heavy (non-hydrogen) atoms. The Kier molecular flexibility index (Phi) is 2.29. The highest BCUT2D eigenvalue weighted by Gasteiger charge is 2.32. The normalized spacial score (nSPS) is 17.0. The summed E-state index contributed by atoms with van der Waals surface area (Å²) >= 11 is 5.87. The van der Waals surface area contributed by atoms with Crippen LogP contribution in [0.1, 0.15) is 24.3 Å². The fraction of sp³-hybridized carbons (Fsp3) is 0.333. The van der Waals surface area contributed by atoms with Crippen molar-refractivity contribution in [1.29, 1.82) is 0 Å². The van der Waals surface area contributed by atoms with Gasteiger partial charge in [0.1, 0.15) is 4.90 Å². The molecule has 1 aliphatic carbocycles. The minimum Gasteiger partial charge on any atom is -0.192 e. The topological polar surface area (TPSA) is 54.0 Å². The highest BCUT2D eigenvalue weighted by molar-refractivity contribution is 7.85. The molecule has 3 nitrogen and oxygen atoms in total. The zero-order chi connectivity index (χ0) is 10.3. The molecule has 1 fully saturated rings. The van der Waals surface area contributed by atoms with Crippen LogP contribution >= 0.6 is 11.6 Å². The minimum atomic E-state index is -4.40. The van der Waals surface area contributed by atoms with Crippen LogP contribution in [-0.4, -0.2) is 8.42 Å². The second kappa shape index (κ2) is 3.22. The average molecular weight is 232 g/mol. The first-order chi connectivity index (χ1) is 6.50.